The first-order chi connectivity index (χ1) is 10.2. The predicted molar refractivity (Wildman–Crippen MR) is 79.2 cm³/mol. The van der Waals surface area contributed by atoms with Crippen LogP contribution >= 0.6 is 0 Å². The largest absolute Gasteiger partial charge is 0.480 e. The lowest BCUT2D eigenvalue weighted by Gasteiger charge is -2.27. The number of para-hydroxylation sites is 1. The van der Waals surface area contributed by atoms with Crippen LogP contribution in [0.25, 0.3) is 10.9 Å². The Bertz CT molecular complexity index is 671. The fraction of sp³-hybridized carbons (Fsp3) is 0.375. The van der Waals surface area contributed by atoms with Gasteiger partial charge in [-0.2, -0.15) is 0 Å². The number of amides is 1. The van der Waals surface area contributed by atoms with Crippen molar-refractivity contribution in [3.8, 4) is 0 Å². The van der Waals surface area contributed by atoms with E-state index in [9.17, 15) is 9.59 Å². The van der Waals surface area contributed by atoms with Crippen LogP contribution in [0, 0.1) is 0 Å². The molecule has 1 saturated carbocycles. The number of H-pyrrole nitrogens is 1. The third-order valence-corrected chi connectivity index (χ3v) is 4.15. The summed E-state index contributed by atoms with van der Waals surface area (Å²) in [7, 11) is 0. The molecule has 0 unspecified atom stereocenters. The van der Waals surface area contributed by atoms with Gasteiger partial charge in [-0.05, 0) is 25.0 Å². The number of carbonyl (C=O) groups is 2. The lowest BCUT2D eigenvalue weighted by Crippen LogP contribution is -2.42. The number of carboxylic acid groups (broad SMARTS) is 1. The normalized spacial score (nSPS) is 15.4. The Balaban J connectivity index is 1.96. The highest BCUT2D eigenvalue weighted by atomic mass is 16.4. The molecule has 110 valence electrons. The lowest BCUT2D eigenvalue weighted by atomic mass is 10.1. The van der Waals surface area contributed by atoms with Crippen LogP contribution in [0.1, 0.15) is 36.0 Å². The highest BCUT2D eigenvalue weighted by molar-refractivity contribution is 6.06. The number of nitrogens with zero attached hydrogens (tertiary/aromatic N) is 1. The summed E-state index contributed by atoms with van der Waals surface area (Å²) in [4.78, 5) is 28.5. The second-order valence-electron chi connectivity index (χ2n) is 5.51. The maximum absolute atomic E-state index is 12.8. The molecule has 0 saturated heterocycles. The number of carboxylic acids is 1. The first-order valence-electron chi connectivity index (χ1n) is 7.25. The average Bonchev–Trinajstić information content (AvgIpc) is 3.13. The summed E-state index contributed by atoms with van der Waals surface area (Å²) >= 11 is 0. The van der Waals surface area contributed by atoms with E-state index in [-0.39, 0.29) is 18.5 Å². The first kappa shape index (κ1) is 13.7. The highest BCUT2D eigenvalue weighted by Gasteiger charge is 2.29. The molecular formula is C16H18N2O3. The van der Waals surface area contributed by atoms with E-state index >= 15 is 0 Å². The van der Waals surface area contributed by atoms with Crippen LogP contribution in [0.2, 0.25) is 0 Å². The van der Waals surface area contributed by atoms with Gasteiger partial charge in [-0.25, -0.2) is 0 Å². The summed E-state index contributed by atoms with van der Waals surface area (Å²) in [5.41, 5.74) is 1.32. The van der Waals surface area contributed by atoms with Crippen molar-refractivity contribution in [2.24, 2.45) is 0 Å². The minimum absolute atomic E-state index is 0.0406. The van der Waals surface area contributed by atoms with Gasteiger partial charge < -0.3 is 15.0 Å². The molecule has 0 radical (unpaired) electrons. The van der Waals surface area contributed by atoms with Crippen LogP contribution in [0.5, 0.6) is 0 Å². The van der Waals surface area contributed by atoms with E-state index in [1.807, 2.05) is 18.2 Å². The number of nitrogens with one attached hydrogen (secondary N) is 1. The molecule has 0 spiro atoms. The zero-order valence-corrected chi connectivity index (χ0v) is 11.7. The van der Waals surface area contributed by atoms with Crippen molar-refractivity contribution in [3.63, 3.8) is 0 Å². The number of hydrogen-bond acceptors (Lipinski definition) is 2. The molecule has 1 aliphatic rings. The van der Waals surface area contributed by atoms with Crippen molar-refractivity contribution in [2.75, 3.05) is 6.54 Å². The molecule has 1 amide bonds. The number of aromatic nitrogens is 1. The van der Waals surface area contributed by atoms with E-state index < -0.39 is 5.97 Å². The minimum Gasteiger partial charge on any atom is -0.480 e. The molecular weight excluding hydrogens is 268 g/mol. The molecule has 0 aliphatic heterocycles. The number of rotatable bonds is 4. The second kappa shape index (κ2) is 5.60. The maximum atomic E-state index is 12.8. The summed E-state index contributed by atoms with van der Waals surface area (Å²) in [6.45, 7) is -0.236. The van der Waals surface area contributed by atoms with Crippen molar-refractivity contribution in [3.05, 3.63) is 36.0 Å². The van der Waals surface area contributed by atoms with Crippen molar-refractivity contribution < 1.29 is 14.7 Å². The molecule has 5 nitrogen and oxygen atoms in total. The molecule has 5 heteroatoms. The van der Waals surface area contributed by atoms with E-state index in [4.69, 9.17) is 5.11 Å². The van der Waals surface area contributed by atoms with E-state index in [2.05, 4.69) is 4.98 Å². The zero-order chi connectivity index (χ0) is 14.8. The van der Waals surface area contributed by atoms with E-state index in [1.54, 1.807) is 12.3 Å². The van der Waals surface area contributed by atoms with Gasteiger partial charge >= 0.3 is 5.97 Å². The molecule has 3 rings (SSSR count). The van der Waals surface area contributed by atoms with Crippen LogP contribution in [-0.2, 0) is 4.79 Å². The molecule has 2 N–H and O–H groups in total. The minimum atomic E-state index is -0.964. The smallest absolute Gasteiger partial charge is 0.323 e. The molecule has 1 aliphatic carbocycles. The van der Waals surface area contributed by atoms with Gasteiger partial charge in [0.05, 0.1) is 11.1 Å². The van der Waals surface area contributed by atoms with Gasteiger partial charge in [0.2, 0.25) is 0 Å². The molecule has 1 fully saturated rings. The van der Waals surface area contributed by atoms with Crippen molar-refractivity contribution >= 4 is 22.8 Å². The number of hydrogen-bond donors (Lipinski definition) is 2. The number of aromatic amines is 1. The summed E-state index contributed by atoms with van der Waals surface area (Å²) in [6, 6.07) is 7.46. The summed E-state index contributed by atoms with van der Waals surface area (Å²) in [5, 5.41) is 10.1. The van der Waals surface area contributed by atoms with Crippen molar-refractivity contribution in [1.82, 2.24) is 9.88 Å². The topological polar surface area (TPSA) is 73.4 Å². The van der Waals surface area contributed by atoms with Crippen LogP contribution in [-0.4, -0.2) is 39.5 Å². The van der Waals surface area contributed by atoms with Gasteiger partial charge in [0, 0.05) is 17.6 Å². The molecule has 1 heterocycles. The average molecular weight is 286 g/mol. The molecule has 1 aromatic heterocycles. The predicted octanol–water partition coefficient (Wildman–Crippen LogP) is 2.64. The molecule has 0 bridgehead atoms. The maximum Gasteiger partial charge on any atom is 0.323 e. The van der Waals surface area contributed by atoms with Crippen LogP contribution in [0.4, 0.5) is 0 Å². The van der Waals surface area contributed by atoms with E-state index in [0.29, 0.717) is 5.56 Å². The van der Waals surface area contributed by atoms with E-state index in [1.165, 1.54) is 4.90 Å². The van der Waals surface area contributed by atoms with Crippen molar-refractivity contribution in [1.29, 1.82) is 0 Å². The Labute approximate surface area is 122 Å². The fourth-order valence-corrected chi connectivity index (χ4v) is 3.15. The number of benzene rings is 1. The first-order valence-corrected chi connectivity index (χ1v) is 7.25. The Morgan fingerprint density at radius 1 is 1.24 bits per heavy atom. The number of aliphatic carboxylic acids is 1. The second-order valence-corrected chi connectivity index (χ2v) is 5.51. The molecule has 2 aromatic rings. The summed E-state index contributed by atoms with van der Waals surface area (Å²) < 4.78 is 0. The van der Waals surface area contributed by atoms with Crippen LogP contribution in [0.3, 0.4) is 0 Å². The molecule has 21 heavy (non-hydrogen) atoms. The van der Waals surface area contributed by atoms with Gasteiger partial charge in [-0.15, -0.1) is 0 Å². The van der Waals surface area contributed by atoms with Crippen LogP contribution < -0.4 is 0 Å². The third-order valence-electron chi connectivity index (χ3n) is 4.15. The van der Waals surface area contributed by atoms with Gasteiger partial charge in [-0.3, -0.25) is 9.59 Å². The summed E-state index contributed by atoms with van der Waals surface area (Å²) in [6.07, 6.45) is 5.68. The van der Waals surface area contributed by atoms with Gasteiger partial charge in [0.1, 0.15) is 6.54 Å². The summed E-state index contributed by atoms with van der Waals surface area (Å²) in [5.74, 6) is -1.16. The Morgan fingerprint density at radius 2 is 2.00 bits per heavy atom. The standard InChI is InChI=1S/C16H18N2O3/c19-14(20)10-18(12-5-1-2-6-12)16(21)13-7-3-4-11-8-9-17-15(11)13/h3-4,7-9,12,17H,1-2,5-6,10H2,(H,19,20). The SMILES string of the molecule is O=C(O)CN(C(=O)c1cccc2cc[nH]c12)C1CCCC1. The van der Waals surface area contributed by atoms with Gasteiger partial charge in [-0.1, -0.05) is 25.0 Å². The van der Waals surface area contributed by atoms with Crippen molar-refractivity contribution in [2.45, 2.75) is 31.7 Å². The Morgan fingerprint density at radius 3 is 2.71 bits per heavy atom. The van der Waals surface area contributed by atoms with Crippen LogP contribution in [0.15, 0.2) is 30.5 Å². The lowest BCUT2D eigenvalue weighted by molar-refractivity contribution is -0.138. The fourth-order valence-electron chi connectivity index (χ4n) is 3.15. The molecule has 0 atom stereocenters. The van der Waals surface area contributed by atoms with Gasteiger partial charge in [0.25, 0.3) is 5.91 Å². The monoisotopic (exact) mass is 286 g/mol. The number of carbonyl (C=O) groups excluding carboxylic acids is 1. The van der Waals surface area contributed by atoms with Gasteiger partial charge in [0.15, 0.2) is 0 Å². The third kappa shape index (κ3) is 2.63. The molecule has 1 aromatic carbocycles. The highest BCUT2D eigenvalue weighted by Crippen LogP contribution is 2.26. The Hall–Kier alpha value is -2.30. The number of fused-ring (bicyclic) bond motifs is 1. The quantitative estimate of drug-likeness (QED) is 0.907. The van der Waals surface area contributed by atoms with E-state index in [0.717, 1.165) is 36.6 Å². The zero-order valence-electron chi connectivity index (χ0n) is 11.7. The Kier molecular flexibility index (Phi) is 3.64.